The molecule has 0 bridgehead atoms. The smallest absolute Gasteiger partial charge is 0.323 e. The zero-order valence-corrected chi connectivity index (χ0v) is 10.2. The van der Waals surface area contributed by atoms with Crippen molar-refractivity contribution in [3.8, 4) is 0 Å². The monoisotopic (exact) mass is 226 g/mol. The zero-order chi connectivity index (χ0) is 11.8. The highest BCUT2D eigenvalue weighted by molar-refractivity contribution is 5.78. The predicted octanol–water partition coefficient (Wildman–Crippen LogP) is 1.07. The summed E-state index contributed by atoms with van der Waals surface area (Å²) in [6, 6.07) is 0.939. The van der Waals surface area contributed by atoms with E-state index in [0.717, 1.165) is 13.0 Å². The number of nitrogens with zero attached hydrogens (tertiary/aromatic N) is 1. The van der Waals surface area contributed by atoms with E-state index in [1.54, 1.807) is 6.92 Å². The summed E-state index contributed by atoms with van der Waals surface area (Å²) in [6.45, 7) is 6.05. The molecule has 0 amide bonds. The van der Waals surface area contributed by atoms with E-state index in [4.69, 9.17) is 0 Å². The molecule has 0 saturated carbocycles. The Balaban J connectivity index is 2.01. The van der Waals surface area contributed by atoms with Gasteiger partial charge in [-0.25, -0.2) is 0 Å². The molecular weight excluding hydrogens is 204 g/mol. The van der Waals surface area contributed by atoms with Crippen LogP contribution >= 0.6 is 0 Å². The van der Waals surface area contributed by atoms with Crippen LogP contribution in [0.25, 0.3) is 0 Å². The Hall–Kier alpha value is -0.610. The van der Waals surface area contributed by atoms with Gasteiger partial charge in [0, 0.05) is 18.6 Å². The highest BCUT2D eigenvalue weighted by atomic mass is 16.4. The fourth-order valence-corrected chi connectivity index (χ4v) is 2.98. The van der Waals surface area contributed by atoms with E-state index in [1.165, 1.54) is 19.4 Å². The van der Waals surface area contributed by atoms with Crippen molar-refractivity contribution in [2.75, 3.05) is 13.1 Å². The maximum atomic E-state index is 11.3. The first-order valence-electron chi connectivity index (χ1n) is 6.32. The van der Waals surface area contributed by atoms with Gasteiger partial charge in [0.15, 0.2) is 0 Å². The summed E-state index contributed by atoms with van der Waals surface area (Å²) < 4.78 is 0. The van der Waals surface area contributed by atoms with Crippen LogP contribution in [0.5, 0.6) is 0 Å². The summed E-state index contributed by atoms with van der Waals surface area (Å²) in [5.74, 6) is -0.730. The van der Waals surface area contributed by atoms with Crippen molar-refractivity contribution in [2.24, 2.45) is 0 Å². The maximum absolute atomic E-state index is 11.3. The number of hydrogen-bond acceptors (Lipinski definition) is 3. The Kier molecular flexibility index (Phi) is 3.22. The van der Waals surface area contributed by atoms with Gasteiger partial charge in [-0.3, -0.25) is 15.0 Å². The van der Waals surface area contributed by atoms with E-state index in [-0.39, 0.29) is 0 Å². The molecule has 0 aromatic rings. The quantitative estimate of drug-likeness (QED) is 0.753. The molecule has 3 unspecified atom stereocenters. The van der Waals surface area contributed by atoms with Crippen molar-refractivity contribution in [3.05, 3.63) is 0 Å². The normalized spacial score (nSPS) is 33.6. The Morgan fingerprint density at radius 2 is 2.25 bits per heavy atom. The minimum absolute atomic E-state index is 0.364. The third-order valence-corrected chi connectivity index (χ3v) is 4.29. The molecule has 4 heteroatoms. The van der Waals surface area contributed by atoms with Crippen LogP contribution in [-0.4, -0.2) is 46.7 Å². The Morgan fingerprint density at radius 3 is 2.88 bits per heavy atom. The molecule has 2 rings (SSSR count). The number of hydrogen-bond donors (Lipinski definition) is 2. The molecule has 16 heavy (non-hydrogen) atoms. The molecule has 4 nitrogen and oxygen atoms in total. The molecular formula is C12H22N2O2. The van der Waals surface area contributed by atoms with Crippen LogP contribution in [-0.2, 0) is 4.79 Å². The first-order valence-corrected chi connectivity index (χ1v) is 6.32. The van der Waals surface area contributed by atoms with E-state index >= 15 is 0 Å². The minimum atomic E-state index is -0.761. The van der Waals surface area contributed by atoms with E-state index < -0.39 is 11.5 Å². The van der Waals surface area contributed by atoms with Crippen LogP contribution in [0.15, 0.2) is 0 Å². The van der Waals surface area contributed by atoms with Gasteiger partial charge in [-0.2, -0.15) is 0 Å². The standard InChI is InChI=1S/C12H22N2O2/c1-3-12(2,11(15)16)13-9-6-8-14-7-4-5-10(9)14/h9-10,13H,3-8H2,1-2H3,(H,15,16). The molecule has 0 aromatic heterocycles. The number of carboxylic acid groups (broad SMARTS) is 1. The molecule has 2 fully saturated rings. The van der Waals surface area contributed by atoms with Crippen LogP contribution in [0.1, 0.15) is 39.5 Å². The number of aliphatic carboxylic acids is 1. The molecule has 0 radical (unpaired) electrons. The van der Waals surface area contributed by atoms with Gasteiger partial charge in [-0.05, 0) is 39.2 Å². The van der Waals surface area contributed by atoms with Crippen molar-refractivity contribution in [1.82, 2.24) is 10.2 Å². The zero-order valence-electron chi connectivity index (χ0n) is 10.2. The van der Waals surface area contributed by atoms with Crippen LogP contribution in [0.2, 0.25) is 0 Å². The maximum Gasteiger partial charge on any atom is 0.323 e. The highest BCUT2D eigenvalue weighted by Crippen LogP contribution is 2.29. The van der Waals surface area contributed by atoms with Gasteiger partial charge in [-0.1, -0.05) is 6.92 Å². The van der Waals surface area contributed by atoms with Gasteiger partial charge in [0.05, 0.1) is 0 Å². The van der Waals surface area contributed by atoms with E-state index in [9.17, 15) is 9.90 Å². The van der Waals surface area contributed by atoms with Gasteiger partial charge in [0.2, 0.25) is 0 Å². The Labute approximate surface area is 97.0 Å². The summed E-state index contributed by atoms with van der Waals surface area (Å²) in [5, 5.41) is 12.6. The second kappa shape index (κ2) is 4.34. The second-order valence-corrected chi connectivity index (χ2v) is 5.28. The van der Waals surface area contributed by atoms with E-state index in [0.29, 0.717) is 18.5 Å². The first-order chi connectivity index (χ1) is 7.57. The largest absolute Gasteiger partial charge is 0.480 e. The van der Waals surface area contributed by atoms with Crippen molar-refractivity contribution < 1.29 is 9.90 Å². The molecule has 2 saturated heterocycles. The lowest BCUT2D eigenvalue weighted by Gasteiger charge is -2.31. The van der Waals surface area contributed by atoms with Crippen molar-refractivity contribution >= 4 is 5.97 Å². The third kappa shape index (κ3) is 1.96. The summed E-state index contributed by atoms with van der Waals surface area (Å²) in [6.07, 6.45) is 4.20. The minimum Gasteiger partial charge on any atom is -0.480 e. The number of rotatable bonds is 4. The van der Waals surface area contributed by atoms with E-state index in [2.05, 4.69) is 10.2 Å². The molecule has 92 valence electrons. The second-order valence-electron chi connectivity index (χ2n) is 5.28. The molecule has 2 aliphatic heterocycles. The van der Waals surface area contributed by atoms with Crippen LogP contribution in [0.4, 0.5) is 0 Å². The summed E-state index contributed by atoms with van der Waals surface area (Å²) in [5.41, 5.74) is -0.761. The highest BCUT2D eigenvalue weighted by Gasteiger charge is 2.42. The topological polar surface area (TPSA) is 52.6 Å². The van der Waals surface area contributed by atoms with Crippen LogP contribution in [0, 0.1) is 0 Å². The summed E-state index contributed by atoms with van der Waals surface area (Å²) in [4.78, 5) is 13.8. The summed E-state index contributed by atoms with van der Waals surface area (Å²) in [7, 11) is 0. The van der Waals surface area contributed by atoms with Gasteiger partial charge in [0.1, 0.15) is 5.54 Å². The third-order valence-electron chi connectivity index (χ3n) is 4.29. The van der Waals surface area contributed by atoms with Crippen molar-refractivity contribution in [1.29, 1.82) is 0 Å². The van der Waals surface area contributed by atoms with E-state index in [1.807, 2.05) is 6.92 Å². The number of carboxylic acids is 1. The van der Waals surface area contributed by atoms with Crippen molar-refractivity contribution in [3.63, 3.8) is 0 Å². The predicted molar refractivity (Wildman–Crippen MR) is 62.5 cm³/mol. The Morgan fingerprint density at radius 1 is 1.50 bits per heavy atom. The van der Waals surface area contributed by atoms with Gasteiger partial charge in [-0.15, -0.1) is 0 Å². The molecule has 3 atom stereocenters. The molecule has 2 aliphatic rings. The first kappa shape index (κ1) is 11.9. The molecule has 0 spiro atoms. The summed E-state index contributed by atoms with van der Waals surface area (Å²) >= 11 is 0. The average molecular weight is 226 g/mol. The Bertz CT molecular complexity index is 282. The lowest BCUT2D eigenvalue weighted by molar-refractivity contribution is -0.144. The molecule has 2 heterocycles. The van der Waals surface area contributed by atoms with Gasteiger partial charge >= 0.3 is 5.97 Å². The average Bonchev–Trinajstić information content (AvgIpc) is 2.82. The molecule has 0 aliphatic carbocycles. The van der Waals surface area contributed by atoms with Crippen LogP contribution < -0.4 is 5.32 Å². The van der Waals surface area contributed by atoms with Crippen molar-refractivity contribution in [2.45, 2.75) is 57.2 Å². The number of nitrogens with one attached hydrogen (secondary N) is 1. The molecule has 0 aromatic carbocycles. The lowest BCUT2D eigenvalue weighted by Crippen LogP contribution is -2.56. The number of fused-ring (bicyclic) bond motifs is 1. The van der Waals surface area contributed by atoms with Gasteiger partial charge in [0.25, 0.3) is 0 Å². The fourth-order valence-electron chi connectivity index (χ4n) is 2.98. The number of carbonyl (C=O) groups is 1. The molecule has 2 N–H and O–H groups in total. The van der Waals surface area contributed by atoms with Gasteiger partial charge < -0.3 is 5.11 Å². The fraction of sp³-hybridized carbons (Fsp3) is 0.917. The SMILES string of the molecule is CCC(C)(NC1CCN2CCCC12)C(=O)O. The lowest BCUT2D eigenvalue weighted by atomic mass is 9.95. The van der Waals surface area contributed by atoms with Crippen LogP contribution in [0.3, 0.4) is 0 Å².